The Kier molecular flexibility index (Phi) is 2.63. The van der Waals surface area contributed by atoms with Crippen LogP contribution in [0, 0.1) is 17.0 Å². The van der Waals surface area contributed by atoms with Crippen molar-refractivity contribution in [1.82, 2.24) is 0 Å². The number of hydrogen-bond donors (Lipinski definition) is 1. The van der Waals surface area contributed by atoms with Crippen molar-refractivity contribution in [3.05, 3.63) is 39.4 Å². The molecule has 0 aliphatic rings. The highest BCUT2D eigenvalue weighted by Crippen LogP contribution is 2.24. The molecule has 1 unspecified atom stereocenters. The van der Waals surface area contributed by atoms with Crippen molar-refractivity contribution in [3.63, 3.8) is 0 Å². The lowest BCUT2D eigenvalue weighted by atomic mass is 10.0. The molecule has 0 spiro atoms. The van der Waals surface area contributed by atoms with Crippen LogP contribution in [0.4, 0.5) is 5.69 Å². The summed E-state index contributed by atoms with van der Waals surface area (Å²) in [6.07, 6.45) is 0. The van der Waals surface area contributed by atoms with Gasteiger partial charge in [-0.1, -0.05) is 12.1 Å². The van der Waals surface area contributed by atoms with Crippen molar-refractivity contribution in [1.29, 1.82) is 0 Å². The second-order valence-electron chi connectivity index (χ2n) is 3.11. The van der Waals surface area contributed by atoms with E-state index in [2.05, 4.69) is 0 Å². The van der Waals surface area contributed by atoms with Crippen molar-refractivity contribution in [2.45, 2.75) is 19.9 Å². The van der Waals surface area contributed by atoms with Gasteiger partial charge in [0, 0.05) is 17.7 Å². The Balaban J connectivity index is 3.27. The van der Waals surface area contributed by atoms with Gasteiger partial charge in [0.25, 0.3) is 5.69 Å². The van der Waals surface area contributed by atoms with Crippen LogP contribution in [-0.2, 0) is 0 Å². The van der Waals surface area contributed by atoms with Crippen LogP contribution in [0.3, 0.4) is 0 Å². The van der Waals surface area contributed by atoms with Gasteiger partial charge in [-0.15, -0.1) is 0 Å². The number of nitrogens with zero attached hydrogens (tertiary/aromatic N) is 1. The minimum absolute atomic E-state index is 0.106. The summed E-state index contributed by atoms with van der Waals surface area (Å²) in [5, 5.41) is 10.6. The maximum atomic E-state index is 10.6. The molecule has 1 atom stereocenters. The van der Waals surface area contributed by atoms with E-state index in [9.17, 15) is 10.1 Å². The minimum atomic E-state index is -0.397. The second-order valence-corrected chi connectivity index (χ2v) is 3.11. The molecule has 0 fully saturated rings. The summed E-state index contributed by atoms with van der Waals surface area (Å²) in [5.74, 6) is 0. The molecule has 0 saturated carbocycles. The first-order valence-electron chi connectivity index (χ1n) is 4.03. The third-order valence-corrected chi connectivity index (χ3v) is 1.87. The SMILES string of the molecule is Cc1ccc(C(C)N)c([N+](=O)[O-])c1. The summed E-state index contributed by atoms with van der Waals surface area (Å²) >= 11 is 0. The molecule has 0 bridgehead atoms. The highest BCUT2D eigenvalue weighted by atomic mass is 16.6. The summed E-state index contributed by atoms with van der Waals surface area (Å²) in [6.45, 7) is 3.55. The van der Waals surface area contributed by atoms with E-state index in [1.807, 2.05) is 13.0 Å². The second kappa shape index (κ2) is 3.53. The zero-order valence-electron chi connectivity index (χ0n) is 7.65. The molecule has 1 aromatic carbocycles. The highest BCUT2D eigenvalue weighted by Gasteiger charge is 2.15. The van der Waals surface area contributed by atoms with E-state index in [0.717, 1.165) is 5.56 Å². The maximum Gasteiger partial charge on any atom is 0.274 e. The number of aryl methyl sites for hydroxylation is 1. The quantitative estimate of drug-likeness (QED) is 0.558. The Bertz CT molecular complexity index is 334. The van der Waals surface area contributed by atoms with Crippen molar-refractivity contribution >= 4 is 5.69 Å². The fourth-order valence-corrected chi connectivity index (χ4v) is 1.20. The van der Waals surface area contributed by atoms with Gasteiger partial charge in [0.05, 0.1) is 4.92 Å². The lowest BCUT2D eigenvalue weighted by molar-refractivity contribution is -0.385. The van der Waals surface area contributed by atoms with Gasteiger partial charge in [-0.05, 0) is 19.4 Å². The number of nitro benzene ring substituents is 1. The van der Waals surface area contributed by atoms with Crippen molar-refractivity contribution in [2.75, 3.05) is 0 Å². The molecular formula is C9H12N2O2. The highest BCUT2D eigenvalue weighted by molar-refractivity contribution is 5.44. The van der Waals surface area contributed by atoms with Crippen molar-refractivity contribution in [3.8, 4) is 0 Å². The van der Waals surface area contributed by atoms with Crippen LogP contribution in [0.5, 0.6) is 0 Å². The van der Waals surface area contributed by atoms with Crippen molar-refractivity contribution < 1.29 is 4.92 Å². The van der Waals surface area contributed by atoms with Gasteiger partial charge < -0.3 is 5.73 Å². The number of nitro groups is 1. The Morgan fingerprint density at radius 3 is 2.62 bits per heavy atom. The van der Waals surface area contributed by atoms with Gasteiger partial charge in [0.15, 0.2) is 0 Å². The number of nitrogens with two attached hydrogens (primary N) is 1. The van der Waals surface area contributed by atoms with Gasteiger partial charge in [0.2, 0.25) is 0 Å². The van der Waals surface area contributed by atoms with Crippen LogP contribution in [0.15, 0.2) is 18.2 Å². The van der Waals surface area contributed by atoms with Crippen LogP contribution < -0.4 is 5.73 Å². The molecule has 1 aromatic rings. The first-order chi connectivity index (χ1) is 6.02. The molecule has 1 rings (SSSR count). The van der Waals surface area contributed by atoms with Gasteiger partial charge in [-0.25, -0.2) is 0 Å². The summed E-state index contributed by atoms with van der Waals surface area (Å²) in [6, 6.07) is 4.77. The monoisotopic (exact) mass is 180 g/mol. The summed E-state index contributed by atoms with van der Waals surface area (Å²) in [4.78, 5) is 10.2. The summed E-state index contributed by atoms with van der Waals surface area (Å²) in [7, 11) is 0. The van der Waals surface area contributed by atoms with E-state index < -0.39 is 4.92 Å². The van der Waals surface area contributed by atoms with Crippen LogP contribution in [-0.4, -0.2) is 4.92 Å². The smallest absolute Gasteiger partial charge is 0.274 e. The topological polar surface area (TPSA) is 69.2 Å². The summed E-state index contributed by atoms with van der Waals surface area (Å²) < 4.78 is 0. The molecule has 0 aromatic heterocycles. The Labute approximate surface area is 76.5 Å². The minimum Gasteiger partial charge on any atom is -0.324 e. The Morgan fingerprint density at radius 2 is 2.15 bits per heavy atom. The maximum absolute atomic E-state index is 10.6. The van der Waals surface area contributed by atoms with E-state index in [0.29, 0.717) is 5.56 Å². The standard InChI is InChI=1S/C9H12N2O2/c1-6-3-4-8(7(2)10)9(5-6)11(12)13/h3-5,7H,10H2,1-2H3. The fourth-order valence-electron chi connectivity index (χ4n) is 1.20. The van der Waals surface area contributed by atoms with E-state index >= 15 is 0 Å². The molecule has 2 N–H and O–H groups in total. The molecular weight excluding hydrogens is 168 g/mol. The average Bonchev–Trinajstić information content (AvgIpc) is 2.03. The average molecular weight is 180 g/mol. The Hall–Kier alpha value is -1.42. The molecule has 4 nitrogen and oxygen atoms in total. The molecule has 0 heterocycles. The molecule has 70 valence electrons. The largest absolute Gasteiger partial charge is 0.324 e. The lowest BCUT2D eigenvalue weighted by Gasteiger charge is -2.06. The van der Waals surface area contributed by atoms with Crippen LogP contribution >= 0.6 is 0 Å². The zero-order valence-corrected chi connectivity index (χ0v) is 7.65. The molecule has 4 heteroatoms. The van der Waals surface area contributed by atoms with E-state index in [1.165, 1.54) is 0 Å². The molecule has 13 heavy (non-hydrogen) atoms. The number of rotatable bonds is 2. The normalized spacial score (nSPS) is 12.5. The van der Waals surface area contributed by atoms with E-state index in [-0.39, 0.29) is 11.7 Å². The molecule has 0 amide bonds. The third-order valence-electron chi connectivity index (χ3n) is 1.87. The summed E-state index contributed by atoms with van der Waals surface area (Å²) in [5.41, 5.74) is 7.16. The van der Waals surface area contributed by atoms with Crippen LogP contribution in [0.1, 0.15) is 24.1 Å². The van der Waals surface area contributed by atoms with E-state index in [1.54, 1.807) is 19.1 Å². The lowest BCUT2D eigenvalue weighted by Crippen LogP contribution is -2.08. The number of hydrogen-bond acceptors (Lipinski definition) is 3. The number of benzene rings is 1. The third kappa shape index (κ3) is 2.03. The predicted molar refractivity (Wildman–Crippen MR) is 50.4 cm³/mol. The molecule has 0 radical (unpaired) electrons. The van der Waals surface area contributed by atoms with Crippen LogP contribution in [0.25, 0.3) is 0 Å². The van der Waals surface area contributed by atoms with Gasteiger partial charge in [0.1, 0.15) is 0 Å². The van der Waals surface area contributed by atoms with Crippen LogP contribution in [0.2, 0.25) is 0 Å². The first kappa shape index (κ1) is 9.67. The molecule has 0 aliphatic heterocycles. The Morgan fingerprint density at radius 1 is 1.54 bits per heavy atom. The fraction of sp³-hybridized carbons (Fsp3) is 0.333. The van der Waals surface area contributed by atoms with E-state index in [4.69, 9.17) is 5.73 Å². The molecule has 0 aliphatic carbocycles. The first-order valence-corrected chi connectivity index (χ1v) is 4.03. The van der Waals surface area contributed by atoms with Gasteiger partial charge >= 0.3 is 0 Å². The zero-order chi connectivity index (χ0) is 10.0. The predicted octanol–water partition coefficient (Wildman–Crippen LogP) is 1.92. The van der Waals surface area contributed by atoms with Crippen molar-refractivity contribution in [2.24, 2.45) is 5.73 Å². The molecule has 0 saturated heterocycles. The van der Waals surface area contributed by atoms with Gasteiger partial charge in [-0.3, -0.25) is 10.1 Å². The van der Waals surface area contributed by atoms with Gasteiger partial charge in [-0.2, -0.15) is 0 Å².